The van der Waals surface area contributed by atoms with Gasteiger partial charge in [0.25, 0.3) is 5.88 Å². The molecule has 3 aromatic rings. The minimum absolute atomic E-state index is 0.0544. The number of nitrogens with zero attached hydrogens (tertiary/aromatic N) is 4. The number of benzene rings is 2. The van der Waals surface area contributed by atoms with E-state index in [0.29, 0.717) is 60.4 Å². The van der Waals surface area contributed by atoms with Gasteiger partial charge >= 0.3 is 0 Å². The van der Waals surface area contributed by atoms with Gasteiger partial charge in [-0.25, -0.2) is 18.7 Å². The SMILES string of the molecule is CC(C)Oc1nc(-c2ccc(F)cc2)c(-c2ccc(F)cc2)nc1N1CCN(C(=O)C(C)C)CC1. The van der Waals surface area contributed by atoms with Gasteiger partial charge in [0.15, 0.2) is 5.82 Å². The van der Waals surface area contributed by atoms with Crippen LogP contribution in [0.25, 0.3) is 22.5 Å². The number of rotatable bonds is 6. The fourth-order valence-corrected chi connectivity index (χ4v) is 4.04. The molecule has 1 amide bonds. The Balaban J connectivity index is 1.80. The monoisotopic (exact) mass is 480 g/mol. The zero-order chi connectivity index (χ0) is 25.1. The van der Waals surface area contributed by atoms with Crippen LogP contribution < -0.4 is 9.64 Å². The van der Waals surface area contributed by atoms with Crippen molar-refractivity contribution in [2.75, 3.05) is 31.1 Å². The summed E-state index contributed by atoms with van der Waals surface area (Å²) in [4.78, 5) is 26.2. The van der Waals surface area contributed by atoms with Gasteiger partial charge in [0, 0.05) is 43.2 Å². The molecule has 0 spiro atoms. The van der Waals surface area contributed by atoms with Gasteiger partial charge in [-0.15, -0.1) is 0 Å². The van der Waals surface area contributed by atoms with Crippen molar-refractivity contribution >= 4 is 11.7 Å². The second-order valence-corrected chi connectivity index (χ2v) is 9.20. The zero-order valence-corrected chi connectivity index (χ0v) is 20.5. The van der Waals surface area contributed by atoms with E-state index in [1.807, 2.05) is 32.6 Å². The van der Waals surface area contributed by atoms with E-state index in [9.17, 15) is 13.6 Å². The first-order valence-corrected chi connectivity index (χ1v) is 11.9. The molecular formula is C27H30F2N4O2. The maximum Gasteiger partial charge on any atom is 0.258 e. The van der Waals surface area contributed by atoms with E-state index < -0.39 is 0 Å². The number of carbonyl (C=O) groups is 1. The molecule has 6 nitrogen and oxygen atoms in total. The van der Waals surface area contributed by atoms with Crippen LogP contribution in [0.3, 0.4) is 0 Å². The summed E-state index contributed by atoms with van der Waals surface area (Å²) in [5, 5.41) is 0. The van der Waals surface area contributed by atoms with Gasteiger partial charge in [0.05, 0.1) is 11.8 Å². The fraction of sp³-hybridized carbons (Fsp3) is 0.370. The van der Waals surface area contributed by atoms with E-state index in [1.54, 1.807) is 24.3 Å². The van der Waals surface area contributed by atoms with Crippen LogP contribution in [0.5, 0.6) is 5.88 Å². The number of ether oxygens (including phenoxy) is 1. The minimum Gasteiger partial charge on any atom is -0.472 e. The molecule has 0 saturated carbocycles. The summed E-state index contributed by atoms with van der Waals surface area (Å²) in [6.07, 6.45) is -0.149. The van der Waals surface area contributed by atoms with Gasteiger partial charge in [-0.05, 0) is 62.4 Å². The molecule has 0 N–H and O–H groups in total. The lowest BCUT2D eigenvalue weighted by Crippen LogP contribution is -2.50. The first-order chi connectivity index (χ1) is 16.7. The summed E-state index contributed by atoms with van der Waals surface area (Å²) < 4.78 is 33.4. The average Bonchev–Trinajstić information content (AvgIpc) is 2.84. The number of amides is 1. The van der Waals surface area contributed by atoms with Crippen LogP contribution in [-0.2, 0) is 4.79 Å². The van der Waals surface area contributed by atoms with E-state index in [-0.39, 0.29) is 29.6 Å². The molecule has 0 unspecified atom stereocenters. The second kappa shape index (κ2) is 10.4. The van der Waals surface area contributed by atoms with Crippen LogP contribution in [0.4, 0.5) is 14.6 Å². The molecule has 184 valence electrons. The predicted octanol–water partition coefficient (Wildman–Crippen LogP) is 5.18. The molecule has 35 heavy (non-hydrogen) atoms. The van der Waals surface area contributed by atoms with Crippen LogP contribution in [-0.4, -0.2) is 53.1 Å². The van der Waals surface area contributed by atoms with Gasteiger partial charge in [-0.3, -0.25) is 4.79 Å². The third-order valence-electron chi connectivity index (χ3n) is 5.81. The maximum atomic E-state index is 13.7. The van der Waals surface area contributed by atoms with Crippen LogP contribution in [0.15, 0.2) is 48.5 Å². The lowest BCUT2D eigenvalue weighted by atomic mass is 10.0. The summed E-state index contributed by atoms with van der Waals surface area (Å²) in [6, 6.07) is 12.1. The quantitative estimate of drug-likeness (QED) is 0.487. The second-order valence-electron chi connectivity index (χ2n) is 9.20. The van der Waals surface area contributed by atoms with Gasteiger partial charge in [-0.2, -0.15) is 0 Å². The summed E-state index contributed by atoms with van der Waals surface area (Å²) >= 11 is 0. The van der Waals surface area contributed by atoms with E-state index in [0.717, 1.165) is 0 Å². The summed E-state index contributed by atoms with van der Waals surface area (Å²) in [5.41, 5.74) is 2.42. The van der Waals surface area contributed by atoms with Crippen LogP contribution in [0, 0.1) is 17.6 Å². The van der Waals surface area contributed by atoms with Crippen molar-refractivity contribution in [1.82, 2.24) is 14.9 Å². The Bertz CT molecular complexity index is 1170. The molecule has 0 aliphatic carbocycles. The molecule has 1 fully saturated rings. The normalized spacial score (nSPS) is 14.1. The van der Waals surface area contributed by atoms with Gasteiger partial charge in [0.1, 0.15) is 17.3 Å². The topological polar surface area (TPSA) is 58.6 Å². The Hall–Kier alpha value is -3.55. The van der Waals surface area contributed by atoms with Crippen LogP contribution >= 0.6 is 0 Å². The lowest BCUT2D eigenvalue weighted by molar-refractivity contribution is -0.134. The fourth-order valence-electron chi connectivity index (χ4n) is 4.04. The number of hydrogen-bond donors (Lipinski definition) is 0. The molecule has 1 saturated heterocycles. The summed E-state index contributed by atoms with van der Waals surface area (Å²) in [5.74, 6) is 0.314. The van der Waals surface area contributed by atoms with Crippen molar-refractivity contribution in [3.05, 3.63) is 60.2 Å². The minimum atomic E-state index is -0.353. The van der Waals surface area contributed by atoms with Crippen molar-refractivity contribution in [1.29, 1.82) is 0 Å². The molecular weight excluding hydrogens is 450 g/mol. The first-order valence-electron chi connectivity index (χ1n) is 11.9. The molecule has 4 rings (SSSR count). The maximum absolute atomic E-state index is 13.7. The van der Waals surface area contributed by atoms with Crippen molar-refractivity contribution in [3.8, 4) is 28.4 Å². The molecule has 0 radical (unpaired) electrons. The largest absolute Gasteiger partial charge is 0.472 e. The standard InChI is InChI=1S/C27H30F2N4O2/c1-17(2)27(34)33-15-13-32(14-16-33)25-26(35-18(3)4)31-24(20-7-11-22(29)12-8-20)23(30-25)19-5-9-21(28)10-6-19/h5-12,17-18H,13-16H2,1-4H3. The number of hydrogen-bond acceptors (Lipinski definition) is 5. The summed E-state index contributed by atoms with van der Waals surface area (Å²) in [6.45, 7) is 9.94. The van der Waals surface area contributed by atoms with E-state index in [4.69, 9.17) is 14.7 Å². The first kappa shape index (κ1) is 24.6. The zero-order valence-electron chi connectivity index (χ0n) is 20.5. The molecule has 2 aromatic carbocycles. The van der Waals surface area contributed by atoms with E-state index in [1.165, 1.54) is 24.3 Å². The lowest BCUT2D eigenvalue weighted by Gasteiger charge is -2.36. The van der Waals surface area contributed by atoms with E-state index in [2.05, 4.69) is 4.90 Å². The molecule has 8 heteroatoms. The molecule has 2 heterocycles. The van der Waals surface area contributed by atoms with E-state index >= 15 is 0 Å². The summed E-state index contributed by atoms with van der Waals surface area (Å²) in [7, 11) is 0. The van der Waals surface area contributed by atoms with Gasteiger partial charge in [-0.1, -0.05) is 13.8 Å². The number of anilines is 1. The Morgan fingerprint density at radius 3 is 1.74 bits per heavy atom. The van der Waals surface area contributed by atoms with Crippen molar-refractivity contribution in [2.45, 2.75) is 33.8 Å². The number of piperazine rings is 1. The Morgan fingerprint density at radius 2 is 1.29 bits per heavy atom. The highest BCUT2D eigenvalue weighted by molar-refractivity contribution is 5.81. The molecule has 1 aliphatic rings. The third-order valence-corrected chi connectivity index (χ3v) is 5.81. The molecule has 1 aromatic heterocycles. The third kappa shape index (κ3) is 5.58. The molecule has 0 bridgehead atoms. The highest BCUT2D eigenvalue weighted by atomic mass is 19.1. The van der Waals surface area contributed by atoms with Crippen molar-refractivity contribution < 1.29 is 18.3 Å². The Labute approximate surface area is 204 Å². The number of carbonyl (C=O) groups excluding carboxylic acids is 1. The Morgan fingerprint density at radius 1 is 0.800 bits per heavy atom. The van der Waals surface area contributed by atoms with Crippen LogP contribution in [0.1, 0.15) is 27.7 Å². The predicted molar refractivity (Wildman–Crippen MR) is 132 cm³/mol. The highest BCUT2D eigenvalue weighted by Gasteiger charge is 2.28. The van der Waals surface area contributed by atoms with Crippen molar-refractivity contribution in [2.24, 2.45) is 5.92 Å². The number of halogens is 2. The highest BCUT2D eigenvalue weighted by Crippen LogP contribution is 2.36. The number of aromatic nitrogens is 2. The molecule has 0 atom stereocenters. The van der Waals surface area contributed by atoms with Gasteiger partial charge < -0.3 is 14.5 Å². The van der Waals surface area contributed by atoms with Crippen molar-refractivity contribution in [3.63, 3.8) is 0 Å². The smallest absolute Gasteiger partial charge is 0.258 e. The average molecular weight is 481 g/mol. The van der Waals surface area contributed by atoms with Crippen LogP contribution in [0.2, 0.25) is 0 Å². The van der Waals surface area contributed by atoms with Gasteiger partial charge in [0.2, 0.25) is 5.91 Å². The Kier molecular flexibility index (Phi) is 7.28. The molecule has 1 aliphatic heterocycles.